The molecule has 9 heteroatoms. The van der Waals surface area contributed by atoms with Crippen LogP contribution >= 0.6 is 11.8 Å². The standard InChI is InChI=1S/C19H19N3O5S/c1-12-9-14(10-17-18(23)20(7-8-27-3)19(24)28-17)13(2)21(12)15-5-4-6-16(11-15)22(25)26/h4-6,9-11H,7-8H2,1-3H3/b17-10+. The van der Waals surface area contributed by atoms with Crippen LogP contribution in [0.15, 0.2) is 35.2 Å². The molecule has 2 heterocycles. The van der Waals surface area contributed by atoms with Gasteiger partial charge < -0.3 is 9.30 Å². The van der Waals surface area contributed by atoms with Crippen molar-refractivity contribution in [2.45, 2.75) is 13.8 Å². The number of rotatable bonds is 6. The fourth-order valence-electron chi connectivity index (χ4n) is 3.09. The van der Waals surface area contributed by atoms with Crippen LogP contribution in [0.4, 0.5) is 10.5 Å². The summed E-state index contributed by atoms with van der Waals surface area (Å²) in [4.78, 5) is 36.7. The van der Waals surface area contributed by atoms with E-state index in [1.165, 1.54) is 24.1 Å². The van der Waals surface area contributed by atoms with Gasteiger partial charge in [0.1, 0.15) is 0 Å². The minimum absolute atomic E-state index is 0.00538. The van der Waals surface area contributed by atoms with Gasteiger partial charge in [-0.05, 0) is 49.4 Å². The van der Waals surface area contributed by atoms with Gasteiger partial charge >= 0.3 is 0 Å². The van der Waals surface area contributed by atoms with Crippen molar-refractivity contribution < 1.29 is 19.2 Å². The van der Waals surface area contributed by atoms with Crippen LogP contribution in [0.1, 0.15) is 17.0 Å². The highest BCUT2D eigenvalue weighted by Gasteiger charge is 2.34. The number of carbonyl (C=O) groups is 2. The summed E-state index contributed by atoms with van der Waals surface area (Å²) in [6, 6.07) is 8.25. The summed E-state index contributed by atoms with van der Waals surface area (Å²) >= 11 is 0.897. The third-order valence-corrected chi connectivity index (χ3v) is 5.36. The van der Waals surface area contributed by atoms with Gasteiger partial charge in [-0.3, -0.25) is 24.6 Å². The van der Waals surface area contributed by atoms with Crippen molar-refractivity contribution in [3.63, 3.8) is 0 Å². The number of hydrogen-bond donors (Lipinski definition) is 0. The highest BCUT2D eigenvalue weighted by atomic mass is 32.2. The van der Waals surface area contributed by atoms with E-state index in [9.17, 15) is 19.7 Å². The summed E-state index contributed by atoms with van der Waals surface area (Å²) in [5.74, 6) is -0.341. The monoisotopic (exact) mass is 401 g/mol. The van der Waals surface area contributed by atoms with E-state index < -0.39 is 4.92 Å². The van der Waals surface area contributed by atoms with Crippen molar-refractivity contribution in [3.05, 3.63) is 62.3 Å². The van der Waals surface area contributed by atoms with Crippen LogP contribution < -0.4 is 0 Å². The zero-order chi connectivity index (χ0) is 20.4. The van der Waals surface area contributed by atoms with Crippen molar-refractivity contribution >= 4 is 34.7 Å². The van der Waals surface area contributed by atoms with Crippen molar-refractivity contribution in [3.8, 4) is 5.69 Å². The van der Waals surface area contributed by atoms with E-state index in [0.717, 1.165) is 28.7 Å². The molecule has 0 saturated carbocycles. The largest absolute Gasteiger partial charge is 0.383 e. The Hall–Kier alpha value is -2.91. The minimum Gasteiger partial charge on any atom is -0.383 e. The zero-order valence-corrected chi connectivity index (χ0v) is 16.5. The molecule has 1 saturated heterocycles. The third-order valence-electron chi connectivity index (χ3n) is 4.45. The van der Waals surface area contributed by atoms with Crippen LogP contribution in [0.25, 0.3) is 11.8 Å². The lowest BCUT2D eigenvalue weighted by Gasteiger charge is -2.10. The predicted molar refractivity (Wildman–Crippen MR) is 106 cm³/mol. The van der Waals surface area contributed by atoms with Crippen LogP contribution in [0.2, 0.25) is 0 Å². The van der Waals surface area contributed by atoms with Crippen LogP contribution in [0.3, 0.4) is 0 Å². The number of carbonyl (C=O) groups excluding carboxylic acids is 2. The molecule has 0 radical (unpaired) electrons. The Morgan fingerprint density at radius 3 is 2.68 bits per heavy atom. The number of methoxy groups -OCH3 is 1. The molecule has 0 spiro atoms. The number of benzene rings is 1. The molecule has 146 valence electrons. The van der Waals surface area contributed by atoms with Crippen molar-refractivity contribution in [1.82, 2.24) is 9.47 Å². The number of nitro groups is 1. The van der Waals surface area contributed by atoms with Gasteiger partial charge in [-0.25, -0.2) is 0 Å². The molecule has 2 aromatic rings. The van der Waals surface area contributed by atoms with Crippen LogP contribution in [-0.2, 0) is 9.53 Å². The van der Waals surface area contributed by atoms with Gasteiger partial charge in [-0.15, -0.1) is 0 Å². The molecular formula is C19H19N3O5S. The van der Waals surface area contributed by atoms with E-state index in [1.54, 1.807) is 18.2 Å². The molecule has 0 N–H and O–H groups in total. The van der Waals surface area contributed by atoms with Gasteiger partial charge in [0.05, 0.1) is 28.7 Å². The van der Waals surface area contributed by atoms with Crippen LogP contribution in [0.5, 0.6) is 0 Å². The van der Waals surface area contributed by atoms with Gasteiger partial charge in [0, 0.05) is 30.6 Å². The minimum atomic E-state index is -0.436. The number of thioether (sulfide) groups is 1. The fourth-order valence-corrected chi connectivity index (χ4v) is 3.95. The molecule has 0 aliphatic carbocycles. The van der Waals surface area contributed by atoms with E-state index in [-0.39, 0.29) is 30.0 Å². The molecule has 1 aliphatic rings. The topological polar surface area (TPSA) is 94.7 Å². The first-order chi connectivity index (χ1) is 13.3. The smallest absolute Gasteiger partial charge is 0.293 e. The molecule has 28 heavy (non-hydrogen) atoms. The highest BCUT2D eigenvalue weighted by molar-refractivity contribution is 8.18. The maximum absolute atomic E-state index is 12.5. The number of non-ortho nitro benzene ring substituents is 1. The number of ether oxygens (including phenoxy) is 1. The lowest BCUT2D eigenvalue weighted by atomic mass is 10.2. The molecule has 0 unspecified atom stereocenters. The maximum Gasteiger partial charge on any atom is 0.293 e. The summed E-state index contributed by atoms with van der Waals surface area (Å²) in [5.41, 5.74) is 3.13. The Morgan fingerprint density at radius 2 is 2.00 bits per heavy atom. The van der Waals surface area contributed by atoms with E-state index in [2.05, 4.69) is 0 Å². The number of hydrogen-bond acceptors (Lipinski definition) is 6. The average molecular weight is 401 g/mol. The quantitative estimate of drug-likeness (QED) is 0.416. The normalized spacial score (nSPS) is 15.7. The Labute approximate surface area is 165 Å². The number of nitro benzene ring substituents is 1. The first-order valence-electron chi connectivity index (χ1n) is 8.51. The number of imide groups is 1. The molecule has 1 aliphatic heterocycles. The van der Waals surface area contributed by atoms with Gasteiger partial charge in [0.2, 0.25) is 0 Å². The Bertz CT molecular complexity index is 995. The molecule has 8 nitrogen and oxygen atoms in total. The second kappa shape index (κ2) is 7.99. The number of nitrogens with zero attached hydrogens (tertiary/aromatic N) is 3. The van der Waals surface area contributed by atoms with Crippen molar-refractivity contribution in [1.29, 1.82) is 0 Å². The Morgan fingerprint density at radius 1 is 1.25 bits per heavy atom. The summed E-state index contributed by atoms with van der Waals surface area (Å²) in [7, 11) is 1.51. The Balaban J connectivity index is 1.96. The second-order valence-corrected chi connectivity index (χ2v) is 7.26. The third kappa shape index (κ3) is 3.71. The van der Waals surface area contributed by atoms with Gasteiger partial charge in [-0.2, -0.15) is 0 Å². The maximum atomic E-state index is 12.5. The van der Waals surface area contributed by atoms with Gasteiger partial charge in [0.25, 0.3) is 16.8 Å². The molecule has 2 amide bonds. The predicted octanol–water partition coefficient (Wildman–Crippen LogP) is 3.69. The number of aromatic nitrogens is 1. The molecule has 1 fully saturated rings. The second-order valence-electron chi connectivity index (χ2n) is 6.26. The van der Waals surface area contributed by atoms with Gasteiger partial charge in [-0.1, -0.05) is 6.07 Å². The lowest BCUT2D eigenvalue weighted by Crippen LogP contribution is -2.31. The fraction of sp³-hybridized carbons (Fsp3) is 0.263. The van der Waals surface area contributed by atoms with E-state index >= 15 is 0 Å². The molecular weight excluding hydrogens is 382 g/mol. The van der Waals surface area contributed by atoms with E-state index in [0.29, 0.717) is 10.6 Å². The van der Waals surface area contributed by atoms with Crippen molar-refractivity contribution in [2.75, 3.05) is 20.3 Å². The average Bonchev–Trinajstić information content (AvgIpc) is 3.09. The van der Waals surface area contributed by atoms with Gasteiger partial charge in [0.15, 0.2) is 0 Å². The first kappa shape index (κ1) is 19.8. The zero-order valence-electron chi connectivity index (χ0n) is 15.7. The molecule has 1 aromatic carbocycles. The van der Waals surface area contributed by atoms with E-state index in [1.807, 2.05) is 24.5 Å². The highest BCUT2D eigenvalue weighted by Crippen LogP contribution is 2.33. The van der Waals surface area contributed by atoms with E-state index in [4.69, 9.17) is 4.74 Å². The Kier molecular flexibility index (Phi) is 5.66. The summed E-state index contributed by atoms with van der Waals surface area (Å²) in [6.45, 7) is 4.25. The summed E-state index contributed by atoms with van der Waals surface area (Å²) in [6.07, 6.45) is 1.69. The lowest BCUT2D eigenvalue weighted by molar-refractivity contribution is -0.384. The van der Waals surface area contributed by atoms with Crippen molar-refractivity contribution in [2.24, 2.45) is 0 Å². The molecule has 1 aromatic heterocycles. The molecule has 0 bridgehead atoms. The molecule has 0 atom stereocenters. The summed E-state index contributed by atoms with van der Waals surface area (Å²) in [5, 5.41) is 10.7. The SMILES string of the molecule is COCCN1C(=O)S/C(=C/c2cc(C)n(-c3cccc([N+](=O)[O-])c3)c2C)C1=O. The molecule has 3 rings (SSSR count). The number of aryl methyl sites for hydroxylation is 1. The van der Waals surface area contributed by atoms with Crippen LogP contribution in [0, 0.1) is 24.0 Å². The first-order valence-corrected chi connectivity index (χ1v) is 9.33. The summed E-state index contributed by atoms with van der Waals surface area (Å²) < 4.78 is 6.82. The number of amides is 2. The van der Waals surface area contributed by atoms with Crippen LogP contribution in [-0.4, -0.2) is 45.8 Å².